The molecule has 0 aromatic heterocycles. The average molecular weight is 328 g/mol. The van der Waals surface area contributed by atoms with E-state index in [-0.39, 0.29) is 12.6 Å². The normalized spacial score (nSPS) is 22.1. The highest BCUT2D eigenvalue weighted by Crippen LogP contribution is 2.31. The number of nitrogens with zero attached hydrogens (tertiary/aromatic N) is 1. The number of hydrogen-bond donors (Lipinski definition) is 2. The van der Waals surface area contributed by atoms with Crippen LogP contribution in [-0.4, -0.2) is 29.4 Å². The predicted molar refractivity (Wildman–Crippen MR) is 81.5 cm³/mol. The third-order valence-electron chi connectivity index (χ3n) is 3.85. The van der Waals surface area contributed by atoms with Crippen LogP contribution in [0, 0.1) is 0 Å². The lowest BCUT2D eigenvalue weighted by Gasteiger charge is -2.31. The number of hydrogen-bond acceptors (Lipinski definition) is 3. The molecule has 4 heteroatoms. The Morgan fingerprint density at radius 1 is 1.37 bits per heavy atom. The molecule has 0 radical (unpaired) electrons. The van der Waals surface area contributed by atoms with Crippen molar-refractivity contribution in [1.29, 1.82) is 0 Å². The molecular formula is C15H22BrNO2. The van der Waals surface area contributed by atoms with E-state index in [4.69, 9.17) is 0 Å². The summed E-state index contributed by atoms with van der Waals surface area (Å²) in [5.41, 5.74) is 2.02. The van der Waals surface area contributed by atoms with Crippen molar-refractivity contribution in [1.82, 2.24) is 0 Å². The van der Waals surface area contributed by atoms with Gasteiger partial charge in [-0.15, -0.1) is 0 Å². The number of aliphatic hydroxyl groups excluding tert-OH is 2. The van der Waals surface area contributed by atoms with Gasteiger partial charge in [-0.1, -0.05) is 34.8 Å². The molecule has 0 amide bonds. The van der Waals surface area contributed by atoms with E-state index >= 15 is 0 Å². The first-order valence-corrected chi connectivity index (χ1v) is 7.77. The van der Waals surface area contributed by atoms with Gasteiger partial charge in [-0.25, -0.2) is 0 Å². The zero-order valence-electron chi connectivity index (χ0n) is 11.3. The number of halogens is 1. The molecule has 1 aliphatic rings. The van der Waals surface area contributed by atoms with Crippen molar-refractivity contribution in [2.45, 2.75) is 44.8 Å². The standard InChI is InChI=1S/C15H22BrNO2/c1-11(19)14-7-6-12(9-15(14)16)17-8-4-2-3-5-13(17)10-18/h6-7,9,11,13,18-19H,2-5,8,10H2,1H3/t11-,13?/m1/s1. The van der Waals surface area contributed by atoms with E-state index in [0.29, 0.717) is 0 Å². The third kappa shape index (κ3) is 3.50. The van der Waals surface area contributed by atoms with Gasteiger partial charge in [0.1, 0.15) is 0 Å². The Hall–Kier alpha value is -0.580. The Balaban J connectivity index is 2.26. The van der Waals surface area contributed by atoms with Gasteiger partial charge in [-0.05, 0) is 37.5 Å². The number of benzene rings is 1. The van der Waals surface area contributed by atoms with Crippen LogP contribution in [0.1, 0.15) is 44.3 Å². The molecule has 1 heterocycles. The minimum absolute atomic E-state index is 0.204. The van der Waals surface area contributed by atoms with Crippen molar-refractivity contribution < 1.29 is 10.2 Å². The smallest absolute Gasteiger partial charge is 0.0772 e. The summed E-state index contributed by atoms with van der Waals surface area (Å²) in [4.78, 5) is 2.30. The summed E-state index contributed by atoms with van der Waals surface area (Å²) >= 11 is 3.53. The highest BCUT2D eigenvalue weighted by atomic mass is 79.9. The molecule has 1 aromatic rings. The van der Waals surface area contributed by atoms with Gasteiger partial charge in [0.2, 0.25) is 0 Å². The van der Waals surface area contributed by atoms with Crippen LogP contribution in [0.2, 0.25) is 0 Å². The van der Waals surface area contributed by atoms with Crippen LogP contribution in [0.15, 0.2) is 22.7 Å². The van der Waals surface area contributed by atoms with Gasteiger partial charge in [0.05, 0.1) is 18.8 Å². The Bertz CT molecular complexity index is 423. The number of rotatable bonds is 3. The minimum atomic E-state index is -0.471. The molecule has 1 saturated heterocycles. The van der Waals surface area contributed by atoms with Gasteiger partial charge in [0.25, 0.3) is 0 Å². The fourth-order valence-electron chi connectivity index (χ4n) is 2.74. The molecule has 0 saturated carbocycles. The molecule has 3 nitrogen and oxygen atoms in total. The van der Waals surface area contributed by atoms with E-state index in [0.717, 1.165) is 28.7 Å². The van der Waals surface area contributed by atoms with Crippen LogP contribution in [0.4, 0.5) is 5.69 Å². The van der Waals surface area contributed by atoms with Crippen LogP contribution in [0.25, 0.3) is 0 Å². The third-order valence-corrected chi connectivity index (χ3v) is 4.54. The molecule has 0 spiro atoms. The second kappa shape index (κ2) is 6.73. The molecule has 1 aliphatic heterocycles. The minimum Gasteiger partial charge on any atom is -0.394 e. The second-order valence-electron chi connectivity index (χ2n) is 5.26. The summed E-state index contributed by atoms with van der Waals surface area (Å²) in [7, 11) is 0. The summed E-state index contributed by atoms with van der Waals surface area (Å²) in [5, 5.41) is 19.2. The summed E-state index contributed by atoms with van der Waals surface area (Å²) in [5.74, 6) is 0. The lowest BCUT2D eigenvalue weighted by atomic mass is 10.1. The SMILES string of the molecule is C[C@@H](O)c1ccc(N2CCCCCC2CO)cc1Br. The maximum atomic E-state index is 9.67. The number of aliphatic hydroxyl groups is 2. The molecule has 0 bridgehead atoms. The van der Waals surface area contributed by atoms with E-state index in [1.165, 1.54) is 19.3 Å². The molecule has 2 atom stereocenters. The molecule has 0 aliphatic carbocycles. The van der Waals surface area contributed by atoms with Crippen molar-refractivity contribution in [2.75, 3.05) is 18.1 Å². The molecular weight excluding hydrogens is 306 g/mol. The quantitative estimate of drug-likeness (QED) is 0.895. The largest absolute Gasteiger partial charge is 0.394 e. The van der Waals surface area contributed by atoms with Crippen LogP contribution in [0.3, 0.4) is 0 Å². The van der Waals surface area contributed by atoms with Gasteiger partial charge in [-0.2, -0.15) is 0 Å². The monoisotopic (exact) mass is 327 g/mol. The van der Waals surface area contributed by atoms with E-state index in [9.17, 15) is 10.2 Å². The predicted octanol–water partition coefficient (Wildman–Crippen LogP) is 3.24. The zero-order chi connectivity index (χ0) is 13.8. The van der Waals surface area contributed by atoms with Crippen molar-refractivity contribution in [3.8, 4) is 0 Å². The van der Waals surface area contributed by atoms with Gasteiger partial charge < -0.3 is 15.1 Å². The Labute approximate surface area is 123 Å². The molecule has 2 N–H and O–H groups in total. The lowest BCUT2D eigenvalue weighted by Crippen LogP contribution is -2.37. The maximum absolute atomic E-state index is 9.67. The second-order valence-corrected chi connectivity index (χ2v) is 6.12. The van der Waals surface area contributed by atoms with Crippen molar-refractivity contribution in [2.24, 2.45) is 0 Å². The van der Waals surface area contributed by atoms with Gasteiger partial charge in [0, 0.05) is 16.7 Å². The van der Waals surface area contributed by atoms with Crippen molar-refractivity contribution in [3.05, 3.63) is 28.2 Å². The molecule has 1 unspecified atom stereocenters. The fraction of sp³-hybridized carbons (Fsp3) is 0.600. The Kier molecular flexibility index (Phi) is 5.25. The molecule has 1 aromatic carbocycles. The molecule has 1 fully saturated rings. The topological polar surface area (TPSA) is 43.7 Å². The van der Waals surface area contributed by atoms with E-state index in [1.54, 1.807) is 6.92 Å². The van der Waals surface area contributed by atoms with Gasteiger partial charge in [-0.3, -0.25) is 0 Å². The molecule has 106 valence electrons. The number of anilines is 1. The van der Waals surface area contributed by atoms with Crippen molar-refractivity contribution in [3.63, 3.8) is 0 Å². The Morgan fingerprint density at radius 3 is 2.79 bits per heavy atom. The van der Waals surface area contributed by atoms with Crippen LogP contribution < -0.4 is 4.90 Å². The summed E-state index contributed by atoms with van der Waals surface area (Å²) < 4.78 is 0.931. The van der Waals surface area contributed by atoms with E-state index in [2.05, 4.69) is 26.9 Å². The van der Waals surface area contributed by atoms with Crippen LogP contribution in [0.5, 0.6) is 0 Å². The summed E-state index contributed by atoms with van der Waals surface area (Å²) in [6.07, 6.45) is 4.17. The maximum Gasteiger partial charge on any atom is 0.0772 e. The molecule has 2 rings (SSSR count). The van der Waals surface area contributed by atoms with Gasteiger partial charge in [0.15, 0.2) is 0 Å². The molecule has 19 heavy (non-hydrogen) atoms. The fourth-order valence-corrected chi connectivity index (χ4v) is 3.44. The first kappa shape index (κ1) is 14.8. The lowest BCUT2D eigenvalue weighted by molar-refractivity contribution is 0.198. The first-order chi connectivity index (χ1) is 9.13. The highest BCUT2D eigenvalue weighted by molar-refractivity contribution is 9.10. The van der Waals surface area contributed by atoms with Crippen LogP contribution in [-0.2, 0) is 0 Å². The van der Waals surface area contributed by atoms with E-state index in [1.807, 2.05) is 12.1 Å². The van der Waals surface area contributed by atoms with Crippen molar-refractivity contribution >= 4 is 21.6 Å². The summed E-state index contributed by atoms with van der Waals surface area (Å²) in [6, 6.07) is 6.27. The van der Waals surface area contributed by atoms with E-state index < -0.39 is 6.10 Å². The summed E-state index contributed by atoms with van der Waals surface area (Å²) in [6.45, 7) is 2.96. The highest BCUT2D eigenvalue weighted by Gasteiger charge is 2.21. The average Bonchev–Trinajstić information content (AvgIpc) is 2.63. The first-order valence-electron chi connectivity index (χ1n) is 6.98. The van der Waals surface area contributed by atoms with Crippen LogP contribution >= 0.6 is 15.9 Å². The Morgan fingerprint density at radius 2 is 2.16 bits per heavy atom. The zero-order valence-corrected chi connectivity index (χ0v) is 12.9. The van der Waals surface area contributed by atoms with Gasteiger partial charge >= 0.3 is 0 Å².